The molecular formula is C16H21F2NO2. The summed E-state index contributed by atoms with van der Waals surface area (Å²) >= 11 is 0. The summed E-state index contributed by atoms with van der Waals surface area (Å²) in [7, 11) is 1.59. The standard InChI is InChI=1S/C16H21F2NO2/c1-10(2)13-7-11-8-14(21-6-4-5-20-3)16(18)15(17)12(11)9-19-13/h8-10,13H,4-7H2,1-3H3/t13-/m1/s1. The second-order valence-electron chi connectivity index (χ2n) is 5.56. The number of hydrogen-bond acceptors (Lipinski definition) is 3. The molecule has 1 aliphatic heterocycles. The molecule has 0 saturated heterocycles. The van der Waals surface area contributed by atoms with Gasteiger partial charge >= 0.3 is 0 Å². The molecule has 0 unspecified atom stereocenters. The Kier molecular flexibility index (Phi) is 5.28. The molecule has 3 nitrogen and oxygen atoms in total. The fourth-order valence-corrected chi connectivity index (χ4v) is 2.32. The molecule has 0 aromatic heterocycles. The van der Waals surface area contributed by atoms with Gasteiger partial charge in [-0.05, 0) is 24.0 Å². The molecule has 0 saturated carbocycles. The van der Waals surface area contributed by atoms with Crippen LogP contribution in [0, 0.1) is 17.6 Å². The first kappa shape index (κ1) is 15.9. The topological polar surface area (TPSA) is 30.8 Å². The van der Waals surface area contributed by atoms with E-state index in [9.17, 15) is 8.78 Å². The average Bonchev–Trinajstić information content (AvgIpc) is 2.47. The third-order valence-electron chi connectivity index (χ3n) is 3.64. The summed E-state index contributed by atoms with van der Waals surface area (Å²) in [6.45, 7) is 4.95. The van der Waals surface area contributed by atoms with Crippen molar-refractivity contribution in [2.45, 2.75) is 32.7 Å². The van der Waals surface area contributed by atoms with E-state index in [1.807, 2.05) is 0 Å². The molecule has 0 N–H and O–H groups in total. The third kappa shape index (κ3) is 3.59. The number of rotatable bonds is 6. The van der Waals surface area contributed by atoms with Crippen molar-refractivity contribution in [2.24, 2.45) is 10.9 Å². The molecular weight excluding hydrogens is 276 g/mol. The van der Waals surface area contributed by atoms with Crippen LogP contribution in [0.4, 0.5) is 8.78 Å². The van der Waals surface area contributed by atoms with Gasteiger partial charge in [-0.2, -0.15) is 4.39 Å². The van der Waals surface area contributed by atoms with Gasteiger partial charge in [0.15, 0.2) is 11.6 Å². The van der Waals surface area contributed by atoms with E-state index in [2.05, 4.69) is 18.8 Å². The number of benzene rings is 1. The van der Waals surface area contributed by atoms with Crippen molar-refractivity contribution in [3.05, 3.63) is 28.8 Å². The summed E-state index contributed by atoms with van der Waals surface area (Å²) in [5, 5.41) is 0. The van der Waals surface area contributed by atoms with Gasteiger partial charge in [-0.15, -0.1) is 0 Å². The molecule has 21 heavy (non-hydrogen) atoms. The summed E-state index contributed by atoms with van der Waals surface area (Å²) in [5.74, 6) is -1.49. The number of nitrogens with zero attached hydrogens (tertiary/aromatic N) is 1. The molecule has 1 atom stereocenters. The van der Waals surface area contributed by atoms with Crippen LogP contribution >= 0.6 is 0 Å². The SMILES string of the molecule is COCCCOc1cc2c(c(F)c1F)C=N[C@@H](C(C)C)C2. The Morgan fingerprint density at radius 1 is 1.29 bits per heavy atom. The minimum Gasteiger partial charge on any atom is -0.490 e. The zero-order valence-electron chi connectivity index (χ0n) is 12.7. The molecule has 0 fully saturated rings. The molecule has 1 heterocycles. The van der Waals surface area contributed by atoms with Crippen LogP contribution in [0.1, 0.15) is 31.4 Å². The third-order valence-corrected chi connectivity index (χ3v) is 3.64. The highest BCUT2D eigenvalue weighted by Crippen LogP contribution is 2.30. The van der Waals surface area contributed by atoms with E-state index in [-0.39, 0.29) is 17.4 Å². The highest BCUT2D eigenvalue weighted by Gasteiger charge is 2.24. The normalized spacial score (nSPS) is 17.1. The maximum absolute atomic E-state index is 14.1. The van der Waals surface area contributed by atoms with Crippen molar-refractivity contribution < 1.29 is 18.3 Å². The van der Waals surface area contributed by atoms with Gasteiger partial charge in [0, 0.05) is 31.9 Å². The fourth-order valence-electron chi connectivity index (χ4n) is 2.32. The van der Waals surface area contributed by atoms with Crippen molar-refractivity contribution in [3.8, 4) is 5.75 Å². The number of methoxy groups -OCH3 is 1. The summed E-state index contributed by atoms with van der Waals surface area (Å²) in [5.41, 5.74) is 0.998. The van der Waals surface area contributed by atoms with Gasteiger partial charge in [0.25, 0.3) is 0 Å². The highest BCUT2D eigenvalue weighted by molar-refractivity contribution is 5.84. The molecule has 0 amide bonds. The first-order valence-electron chi connectivity index (χ1n) is 7.20. The quantitative estimate of drug-likeness (QED) is 0.754. The van der Waals surface area contributed by atoms with Crippen LogP contribution in [-0.2, 0) is 11.2 Å². The van der Waals surface area contributed by atoms with Crippen LogP contribution in [0.15, 0.2) is 11.1 Å². The van der Waals surface area contributed by atoms with E-state index in [1.54, 1.807) is 13.2 Å². The van der Waals surface area contributed by atoms with Crippen LogP contribution in [0.3, 0.4) is 0 Å². The van der Waals surface area contributed by atoms with E-state index in [1.165, 1.54) is 6.21 Å². The predicted molar refractivity (Wildman–Crippen MR) is 78.3 cm³/mol. The second-order valence-corrected chi connectivity index (χ2v) is 5.56. The van der Waals surface area contributed by atoms with Crippen molar-refractivity contribution in [1.29, 1.82) is 0 Å². The summed E-state index contributed by atoms with van der Waals surface area (Å²) in [6, 6.07) is 1.70. The molecule has 1 aromatic carbocycles. The lowest BCUT2D eigenvalue weighted by molar-refractivity contribution is 0.170. The highest BCUT2D eigenvalue weighted by atomic mass is 19.2. The van der Waals surface area contributed by atoms with Gasteiger partial charge in [0.1, 0.15) is 0 Å². The number of fused-ring (bicyclic) bond motifs is 1. The summed E-state index contributed by atoms with van der Waals surface area (Å²) in [6.07, 6.45) is 2.68. The molecule has 1 aliphatic rings. The van der Waals surface area contributed by atoms with Gasteiger partial charge in [0.2, 0.25) is 5.82 Å². The summed E-state index contributed by atoms with van der Waals surface area (Å²) < 4.78 is 38.3. The van der Waals surface area contributed by atoms with Gasteiger partial charge in [0.05, 0.1) is 12.6 Å². The average molecular weight is 297 g/mol. The first-order chi connectivity index (χ1) is 10.0. The minimum atomic E-state index is -0.944. The van der Waals surface area contributed by atoms with Crippen LogP contribution in [0.2, 0.25) is 0 Å². The van der Waals surface area contributed by atoms with Crippen molar-refractivity contribution in [1.82, 2.24) is 0 Å². The van der Waals surface area contributed by atoms with E-state index in [0.29, 0.717) is 32.0 Å². The smallest absolute Gasteiger partial charge is 0.201 e. The van der Waals surface area contributed by atoms with E-state index < -0.39 is 11.6 Å². The van der Waals surface area contributed by atoms with Crippen molar-refractivity contribution in [3.63, 3.8) is 0 Å². The van der Waals surface area contributed by atoms with E-state index in [0.717, 1.165) is 5.56 Å². The molecule has 2 rings (SSSR count). The molecule has 0 aliphatic carbocycles. The fraction of sp³-hybridized carbons (Fsp3) is 0.562. The Morgan fingerprint density at radius 3 is 2.71 bits per heavy atom. The molecule has 0 spiro atoms. The zero-order chi connectivity index (χ0) is 15.4. The predicted octanol–water partition coefficient (Wildman–Crippen LogP) is 3.38. The maximum Gasteiger partial charge on any atom is 0.201 e. The Balaban J connectivity index is 2.20. The van der Waals surface area contributed by atoms with Crippen LogP contribution in [-0.4, -0.2) is 32.6 Å². The Bertz CT molecular complexity index is 529. The molecule has 0 bridgehead atoms. The van der Waals surface area contributed by atoms with E-state index >= 15 is 0 Å². The lowest BCUT2D eigenvalue weighted by Crippen LogP contribution is -2.22. The lowest BCUT2D eigenvalue weighted by atomic mass is 9.91. The Hall–Kier alpha value is -1.49. The number of aliphatic imine (C=N–C) groups is 1. The summed E-state index contributed by atoms with van der Waals surface area (Å²) in [4.78, 5) is 4.30. The molecule has 1 aromatic rings. The minimum absolute atomic E-state index is 0.0276. The van der Waals surface area contributed by atoms with Gasteiger partial charge in [-0.1, -0.05) is 13.8 Å². The Labute approximate surface area is 124 Å². The number of hydrogen-bond donors (Lipinski definition) is 0. The van der Waals surface area contributed by atoms with Crippen molar-refractivity contribution in [2.75, 3.05) is 20.3 Å². The lowest BCUT2D eigenvalue weighted by Gasteiger charge is -2.23. The van der Waals surface area contributed by atoms with Gasteiger partial charge in [-0.25, -0.2) is 4.39 Å². The maximum atomic E-state index is 14.1. The zero-order valence-corrected chi connectivity index (χ0v) is 12.7. The number of ether oxygens (including phenoxy) is 2. The van der Waals surface area contributed by atoms with Crippen LogP contribution < -0.4 is 4.74 Å². The number of halogens is 2. The second kappa shape index (κ2) is 6.98. The largest absolute Gasteiger partial charge is 0.490 e. The first-order valence-corrected chi connectivity index (χ1v) is 7.20. The molecule has 116 valence electrons. The molecule has 5 heteroatoms. The van der Waals surface area contributed by atoms with E-state index in [4.69, 9.17) is 9.47 Å². The monoisotopic (exact) mass is 297 g/mol. The van der Waals surface area contributed by atoms with Crippen molar-refractivity contribution >= 4 is 6.21 Å². The Morgan fingerprint density at radius 2 is 2.05 bits per heavy atom. The molecule has 0 radical (unpaired) electrons. The van der Waals surface area contributed by atoms with Crippen LogP contribution in [0.25, 0.3) is 0 Å². The van der Waals surface area contributed by atoms with Crippen LogP contribution in [0.5, 0.6) is 5.75 Å². The van der Waals surface area contributed by atoms with Gasteiger partial charge in [-0.3, -0.25) is 4.99 Å². The van der Waals surface area contributed by atoms with Gasteiger partial charge < -0.3 is 9.47 Å².